The predicted octanol–water partition coefficient (Wildman–Crippen LogP) is 4.61. The molecule has 0 aromatic carbocycles. The van der Waals surface area contributed by atoms with Gasteiger partial charge in [0, 0.05) is 10.9 Å². The molecule has 2 saturated carbocycles. The maximum Gasteiger partial charge on any atom is 0.0701 e. The van der Waals surface area contributed by atoms with Crippen LogP contribution < -0.4 is 5.32 Å². The van der Waals surface area contributed by atoms with Gasteiger partial charge in [0.15, 0.2) is 0 Å². The van der Waals surface area contributed by atoms with Crippen molar-refractivity contribution in [2.24, 2.45) is 11.8 Å². The third-order valence-corrected chi connectivity index (χ3v) is 6.05. The first-order valence-corrected chi connectivity index (χ1v) is 8.90. The minimum Gasteiger partial charge on any atom is -0.314 e. The fourth-order valence-corrected chi connectivity index (χ4v) is 4.72. The molecule has 0 saturated heterocycles. The molecular formula is C15H22BrNS. The van der Waals surface area contributed by atoms with Gasteiger partial charge in [0.05, 0.1) is 3.79 Å². The van der Waals surface area contributed by atoms with E-state index in [0.29, 0.717) is 0 Å². The van der Waals surface area contributed by atoms with E-state index in [0.717, 1.165) is 17.9 Å². The lowest BCUT2D eigenvalue weighted by atomic mass is 9.77. The predicted molar refractivity (Wildman–Crippen MR) is 82.2 cm³/mol. The van der Waals surface area contributed by atoms with Crippen molar-refractivity contribution < 1.29 is 0 Å². The molecule has 3 heteroatoms. The van der Waals surface area contributed by atoms with Crippen molar-refractivity contribution in [2.75, 3.05) is 6.54 Å². The first-order chi connectivity index (χ1) is 8.81. The highest BCUT2D eigenvalue weighted by Gasteiger charge is 2.28. The van der Waals surface area contributed by atoms with Crippen LogP contribution in [0.2, 0.25) is 0 Å². The molecule has 2 aliphatic rings. The minimum atomic E-state index is 0.864. The SMILES string of the molecule is Brc1ccc(CC2CCCCC2CNC2CC2)s1. The summed E-state index contributed by atoms with van der Waals surface area (Å²) in [5.74, 6) is 1.83. The topological polar surface area (TPSA) is 12.0 Å². The van der Waals surface area contributed by atoms with Gasteiger partial charge in [-0.1, -0.05) is 12.8 Å². The van der Waals surface area contributed by atoms with Crippen LogP contribution in [0.4, 0.5) is 0 Å². The average molecular weight is 328 g/mol. The summed E-state index contributed by atoms with van der Waals surface area (Å²) >= 11 is 5.49. The Balaban J connectivity index is 1.56. The molecule has 1 N–H and O–H groups in total. The van der Waals surface area contributed by atoms with Crippen molar-refractivity contribution in [1.82, 2.24) is 5.32 Å². The molecule has 1 nitrogen and oxygen atoms in total. The van der Waals surface area contributed by atoms with E-state index in [1.165, 1.54) is 55.3 Å². The van der Waals surface area contributed by atoms with Crippen molar-refractivity contribution in [3.05, 3.63) is 20.8 Å². The van der Waals surface area contributed by atoms with Crippen LogP contribution >= 0.6 is 27.3 Å². The zero-order valence-corrected chi connectivity index (χ0v) is 13.2. The molecule has 2 fully saturated rings. The van der Waals surface area contributed by atoms with E-state index in [9.17, 15) is 0 Å². The second-order valence-corrected chi connectivity index (χ2v) is 8.44. The Morgan fingerprint density at radius 3 is 2.56 bits per heavy atom. The van der Waals surface area contributed by atoms with Crippen molar-refractivity contribution in [1.29, 1.82) is 0 Å². The summed E-state index contributed by atoms with van der Waals surface area (Å²) in [7, 11) is 0. The Morgan fingerprint density at radius 1 is 1.11 bits per heavy atom. The molecule has 0 amide bonds. The van der Waals surface area contributed by atoms with Crippen LogP contribution in [0.5, 0.6) is 0 Å². The van der Waals surface area contributed by atoms with Crippen molar-refractivity contribution >= 4 is 27.3 Å². The lowest BCUT2D eigenvalue weighted by Crippen LogP contribution is -2.32. The third kappa shape index (κ3) is 3.58. The first-order valence-electron chi connectivity index (χ1n) is 7.29. The number of rotatable bonds is 5. The van der Waals surface area contributed by atoms with E-state index in [-0.39, 0.29) is 0 Å². The Labute approximate surface area is 122 Å². The number of nitrogens with one attached hydrogen (secondary N) is 1. The van der Waals surface area contributed by atoms with E-state index < -0.39 is 0 Å². The van der Waals surface area contributed by atoms with Gasteiger partial charge in [0.2, 0.25) is 0 Å². The van der Waals surface area contributed by atoms with E-state index in [1.807, 2.05) is 11.3 Å². The van der Waals surface area contributed by atoms with E-state index >= 15 is 0 Å². The Hall–Kier alpha value is 0.140. The summed E-state index contributed by atoms with van der Waals surface area (Å²) in [6, 6.07) is 5.36. The molecule has 2 aliphatic carbocycles. The third-order valence-electron chi connectivity index (χ3n) is 4.40. The van der Waals surface area contributed by atoms with Crippen molar-refractivity contribution in [3.8, 4) is 0 Å². The molecular weight excluding hydrogens is 306 g/mol. The molecule has 3 rings (SSSR count). The maximum absolute atomic E-state index is 3.74. The van der Waals surface area contributed by atoms with Crippen LogP contribution in [0.25, 0.3) is 0 Å². The van der Waals surface area contributed by atoms with E-state index in [2.05, 4.69) is 33.4 Å². The zero-order chi connectivity index (χ0) is 12.4. The smallest absolute Gasteiger partial charge is 0.0701 e. The number of thiophene rings is 1. The minimum absolute atomic E-state index is 0.864. The van der Waals surface area contributed by atoms with E-state index in [1.54, 1.807) is 4.88 Å². The van der Waals surface area contributed by atoms with Crippen molar-refractivity contribution in [3.63, 3.8) is 0 Å². The standard InChI is InChI=1S/C15H22BrNS/c16-15-8-7-14(18-15)9-11-3-1-2-4-12(11)10-17-13-5-6-13/h7-8,11-13,17H,1-6,9-10H2. The fraction of sp³-hybridized carbons (Fsp3) is 0.733. The van der Waals surface area contributed by atoms with Gasteiger partial charge in [-0.2, -0.15) is 0 Å². The molecule has 100 valence electrons. The van der Waals surface area contributed by atoms with Crippen LogP contribution in [-0.2, 0) is 6.42 Å². The molecule has 1 heterocycles. The monoisotopic (exact) mass is 327 g/mol. The Kier molecular flexibility index (Phi) is 4.42. The average Bonchev–Trinajstić information content (AvgIpc) is 3.12. The Bertz CT molecular complexity index is 386. The van der Waals surface area contributed by atoms with Crippen LogP contribution in [0.3, 0.4) is 0 Å². The molecule has 0 radical (unpaired) electrons. The summed E-state index contributed by atoms with van der Waals surface area (Å²) in [5, 5.41) is 3.74. The highest BCUT2D eigenvalue weighted by molar-refractivity contribution is 9.11. The lowest BCUT2D eigenvalue weighted by molar-refractivity contribution is 0.229. The van der Waals surface area contributed by atoms with Gasteiger partial charge < -0.3 is 5.32 Å². The van der Waals surface area contributed by atoms with Gasteiger partial charge in [-0.15, -0.1) is 11.3 Å². The number of hydrogen-bond donors (Lipinski definition) is 1. The van der Waals surface area contributed by atoms with Crippen LogP contribution in [-0.4, -0.2) is 12.6 Å². The molecule has 0 spiro atoms. The summed E-state index contributed by atoms with van der Waals surface area (Å²) in [5.41, 5.74) is 0. The lowest BCUT2D eigenvalue weighted by Gasteiger charge is -2.31. The highest BCUT2D eigenvalue weighted by Crippen LogP contribution is 2.35. The molecule has 0 aliphatic heterocycles. The number of halogens is 1. The summed E-state index contributed by atoms with van der Waals surface area (Å²) < 4.78 is 1.28. The van der Waals surface area contributed by atoms with Gasteiger partial charge >= 0.3 is 0 Å². The van der Waals surface area contributed by atoms with Crippen molar-refractivity contribution in [2.45, 2.75) is 51.0 Å². The zero-order valence-electron chi connectivity index (χ0n) is 10.8. The molecule has 18 heavy (non-hydrogen) atoms. The second kappa shape index (κ2) is 6.06. The van der Waals surface area contributed by atoms with Gasteiger partial charge in [0.1, 0.15) is 0 Å². The first kappa shape index (κ1) is 13.1. The van der Waals surface area contributed by atoms with Gasteiger partial charge in [-0.25, -0.2) is 0 Å². The van der Waals surface area contributed by atoms with Gasteiger partial charge in [-0.05, 0) is 78.5 Å². The molecule has 1 aromatic rings. The quantitative estimate of drug-likeness (QED) is 0.832. The van der Waals surface area contributed by atoms with Gasteiger partial charge in [0.25, 0.3) is 0 Å². The maximum atomic E-state index is 3.74. The van der Waals surface area contributed by atoms with E-state index in [4.69, 9.17) is 0 Å². The molecule has 1 aromatic heterocycles. The Morgan fingerprint density at radius 2 is 1.89 bits per heavy atom. The second-order valence-electron chi connectivity index (χ2n) is 5.90. The number of hydrogen-bond acceptors (Lipinski definition) is 2. The fourth-order valence-electron chi connectivity index (χ4n) is 3.15. The van der Waals surface area contributed by atoms with Crippen LogP contribution in [0, 0.1) is 11.8 Å². The summed E-state index contributed by atoms with van der Waals surface area (Å²) in [6.07, 6.45) is 9.89. The molecule has 2 unspecified atom stereocenters. The van der Waals surface area contributed by atoms with Crippen LogP contribution in [0.1, 0.15) is 43.4 Å². The highest BCUT2D eigenvalue weighted by atomic mass is 79.9. The molecule has 0 bridgehead atoms. The van der Waals surface area contributed by atoms with Crippen LogP contribution in [0.15, 0.2) is 15.9 Å². The largest absolute Gasteiger partial charge is 0.314 e. The summed E-state index contributed by atoms with van der Waals surface area (Å²) in [6.45, 7) is 1.27. The summed E-state index contributed by atoms with van der Waals surface area (Å²) in [4.78, 5) is 1.56. The molecule has 2 atom stereocenters. The normalized spacial score (nSPS) is 28.5. The van der Waals surface area contributed by atoms with Gasteiger partial charge in [-0.3, -0.25) is 0 Å².